The van der Waals surface area contributed by atoms with Crippen LogP contribution in [0.4, 0.5) is 0 Å². The van der Waals surface area contributed by atoms with E-state index < -0.39 is 0 Å². The second kappa shape index (κ2) is 4.82. The van der Waals surface area contributed by atoms with Crippen molar-refractivity contribution in [2.24, 2.45) is 5.92 Å². The van der Waals surface area contributed by atoms with Gasteiger partial charge in [0.2, 0.25) is 0 Å². The molecule has 0 fully saturated rings. The van der Waals surface area contributed by atoms with Gasteiger partial charge in [-0.2, -0.15) is 0 Å². The summed E-state index contributed by atoms with van der Waals surface area (Å²) in [5.41, 5.74) is 0. The van der Waals surface area contributed by atoms with Gasteiger partial charge < -0.3 is 0 Å². The molecule has 4 heteroatoms. The number of nitrogens with zero attached hydrogens (tertiary/aromatic N) is 2. The van der Waals surface area contributed by atoms with Gasteiger partial charge in [-0.1, -0.05) is 32.4 Å². The molecular weight excluding hydrogens is 204 g/mol. The highest BCUT2D eigenvalue weighted by molar-refractivity contribution is 7.99. The maximum atomic E-state index is 5.93. The molecule has 0 amide bonds. The van der Waals surface area contributed by atoms with Crippen LogP contribution in [0.2, 0.25) is 5.02 Å². The Bertz CT molecular complexity index is 278. The molecule has 0 bridgehead atoms. The van der Waals surface area contributed by atoms with Crippen LogP contribution < -0.4 is 0 Å². The van der Waals surface area contributed by atoms with Gasteiger partial charge in [-0.3, -0.25) is 0 Å². The monoisotopic (exact) mass is 216 g/mol. The van der Waals surface area contributed by atoms with Crippen LogP contribution in [-0.4, -0.2) is 15.2 Å². The Balaban J connectivity index is 2.69. The summed E-state index contributed by atoms with van der Waals surface area (Å²) in [7, 11) is 0. The van der Waals surface area contributed by atoms with E-state index in [4.69, 9.17) is 11.6 Å². The van der Waals surface area contributed by atoms with E-state index in [-0.39, 0.29) is 0 Å². The first kappa shape index (κ1) is 10.8. The second-order valence-corrected chi connectivity index (χ2v) is 5.02. The van der Waals surface area contributed by atoms with Gasteiger partial charge in [-0.05, 0) is 5.92 Å². The predicted molar refractivity (Wildman–Crippen MR) is 57.2 cm³/mol. The molecule has 0 saturated carbocycles. The molecule has 0 radical (unpaired) electrons. The van der Waals surface area contributed by atoms with E-state index in [2.05, 4.69) is 30.7 Å². The molecule has 1 aromatic rings. The second-order valence-electron chi connectivity index (χ2n) is 3.24. The summed E-state index contributed by atoms with van der Waals surface area (Å²) in [5, 5.41) is 2.03. The zero-order chi connectivity index (χ0) is 9.84. The molecule has 0 aliphatic carbocycles. The highest BCUT2D eigenvalue weighted by atomic mass is 35.5. The number of thioether (sulfide) groups is 1. The van der Waals surface area contributed by atoms with Crippen molar-refractivity contribution in [3.05, 3.63) is 17.5 Å². The fraction of sp³-hybridized carbons (Fsp3) is 0.556. The van der Waals surface area contributed by atoms with Crippen LogP contribution in [0.15, 0.2) is 17.6 Å². The van der Waals surface area contributed by atoms with Gasteiger partial charge in [0.15, 0.2) is 0 Å². The Kier molecular flexibility index (Phi) is 4.00. The molecule has 0 spiro atoms. The highest BCUT2D eigenvalue weighted by Crippen LogP contribution is 2.30. The molecule has 0 aliphatic heterocycles. The maximum Gasteiger partial charge on any atom is 0.118 e. The topological polar surface area (TPSA) is 25.8 Å². The minimum Gasteiger partial charge on any atom is -0.243 e. The van der Waals surface area contributed by atoms with Crippen molar-refractivity contribution in [1.82, 2.24) is 9.97 Å². The summed E-state index contributed by atoms with van der Waals surface area (Å²) in [5.74, 6) is 0.621. The summed E-state index contributed by atoms with van der Waals surface area (Å²) in [6.45, 7) is 6.55. The van der Waals surface area contributed by atoms with E-state index in [9.17, 15) is 0 Å². The summed E-state index contributed by atoms with van der Waals surface area (Å²) < 4.78 is 0. The van der Waals surface area contributed by atoms with Crippen LogP contribution in [0, 0.1) is 5.92 Å². The lowest BCUT2D eigenvalue weighted by atomic mass is 10.2. The molecule has 1 aromatic heterocycles. The number of aromatic nitrogens is 2. The van der Waals surface area contributed by atoms with Crippen molar-refractivity contribution >= 4 is 23.4 Å². The Morgan fingerprint density at radius 3 is 2.62 bits per heavy atom. The molecule has 0 aromatic carbocycles. The van der Waals surface area contributed by atoms with Gasteiger partial charge in [0.05, 0.1) is 11.2 Å². The van der Waals surface area contributed by atoms with E-state index >= 15 is 0 Å². The van der Waals surface area contributed by atoms with Crippen molar-refractivity contribution in [2.75, 3.05) is 0 Å². The fourth-order valence-electron chi connectivity index (χ4n) is 0.700. The van der Waals surface area contributed by atoms with E-state index in [1.54, 1.807) is 18.0 Å². The van der Waals surface area contributed by atoms with Crippen LogP contribution in [0.5, 0.6) is 0 Å². The molecule has 1 unspecified atom stereocenters. The van der Waals surface area contributed by atoms with Gasteiger partial charge in [0.25, 0.3) is 0 Å². The van der Waals surface area contributed by atoms with Crippen LogP contribution in [0.1, 0.15) is 20.8 Å². The molecule has 0 N–H and O–H groups in total. The molecule has 0 saturated heterocycles. The van der Waals surface area contributed by atoms with Crippen molar-refractivity contribution in [3.63, 3.8) is 0 Å². The summed E-state index contributed by atoms with van der Waals surface area (Å²) in [6, 6.07) is 0. The Hall–Kier alpha value is -0.280. The lowest BCUT2D eigenvalue weighted by Crippen LogP contribution is -2.05. The minimum atomic E-state index is 0.521. The van der Waals surface area contributed by atoms with Gasteiger partial charge in [-0.25, -0.2) is 9.97 Å². The molecule has 72 valence electrons. The molecule has 13 heavy (non-hydrogen) atoms. The van der Waals surface area contributed by atoms with E-state index in [0.29, 0.717) is 16.2 Å². The van der Waals surface area contributed by atoms with Gasteiger partial charge in [-0.15, -0.1) is 11.8 Å². The average molecular weight is 217 g/mol. The Labute approximate surface area is 88.1 Å². The third-order valence-electron chi connectivity index (χ3n) is 1.87. The summed E-state index contributed by atoms with van der Waals surface area (Å²) >= 11 is 7.62. The number of halogens is 1. The van der Waals surface area contributed by atoms with Crippen LogP contribution >= 0.6 is 23.4 Å². The molecule has 1 atom stereocenters. The SMILES string of the molecule is CC(C)C(C)Sc1ncncc1Cl. The van der Waals surface area contributed by atoms with Crippen molar-refractivity contribution in [1.29, 1.82) is 0 Å². The van der Waals surface area contributed by atoms with Gasteiger partial charge in [0.1, 0.15) is 11.4 Å². The van der Waals surface area contributed by atoms with E-state index in [0.717, 1.165) is 5.03 Å². The first-order valence-corrected chi connectivity index (χ1v) is 5.49. The zero-order valence-corrected chi connectivity index (χ0v) is 9.56. The van der Waals surface area contributed by atoms with E-state index in [1.165, 1.54) is 6.33 Å². The largest absolute Gasteiger partial charge is 0.243 e. The first-order valence-electron chi connectivity index (χ1n) is 4.23. The zero-order valence-electron chi connectivity index (χ0n) is 7.99. The average Bonchev–Trinajstić information content (AvgIpc) is 2.08. The third kappa shape index (κ3) is 3.16. The Morgan fingerprint density at radius 1 is 1.38 bits per heavy atom. The van der Waals surface area contributed by atoms with E-state index in [1.807, 2.05) is 0 Å². The van der Waals surface area contributed by atoms with Crippen LogP contribution in [0.25, 0.3) is 0 Å². The predicted octanol–water partition coefficient (Wildman–Crippen LogP) is 3.27. The smallest absolute Gasteiger partial charge is 0.118 e. The van der Waals surface area contributed by atoms with Crippen molar-refractivity contribution in [3.8, 4) is 0 Å². The number of hydrogen-bond donors (Lipinski definition) is 0. The fourth-order valence-corrected chi connectivity index (χ4v) is 1.84. The minimum absolute atomic E-state index is 0.521. The van der Waals surface area contributed by atoms with Crippen LogP contribution in [-0.2, 0) is 0 Å². The molecule has 1 heterocycles. The molecule has 0 aliphatic rings. The highest BCUT2D eigenvalue weighted by Gasteiger charge is 2.11. The standard InChI is InChI=1S/C9H13ClN2S/c1-6(2)7(3)13-9-8(10)4-11-5-12-9/h4-7H,1-3H3. The molecule has 1 rings (SSSR count). The lowest BCUT2D eigenvalue weighted by molar-refractivity contribution is 0.641. The Morgan fingerprint density at radius 2 is 2.08 bits per heavy atom. The quantitative estimate of drug-likeness (QED) is 0.573. The van der Waals surface area contributed by atoms with Crippen molar-refractivity contribution in [2.45, 2.75) is 31.0 Å². The first-order chi connectivity index (χ1) is 6.11. The number of rotatable bonds is 3. The van der Waals surface area contributed by atoms with Gasteiger partial charge >= 0.3 is 0 Å². The molecule has 2 nitrogen and oxygen atoms in total. The normalized spacial score (nSPS) is 13.3. The summed E-state index contributed by atoms with van der Waals surface area (Å²) in [4.78, 5) is 7.96. The lowest BCUT2D eigenvalue weighted by Gasteiger charge is -2.14. The number of hydrogen-bond acceptors (Lipinski definition) is 3. The van der Waals surface area contributed by atoms with Crippen LogP contribution in [0.3, 0.4) is 0 Å². The van der Waals surface area contributed by atoms with Gasteiger partial charge in [0, 0.05) is 5.25 Å². The molecular formula is C9H13ClN2S. The summed E-state index contributed by atoms with van der Waals surface area (Å²) in [6.07, 6.45) is 3.16. The van der Waals surface area contributed by atoms with Crippen molar-refractivity contribution < 1.29 is 0 Å². The third-order valence-corrected chi connectivity index (χ3v) is 3.72. The maximum absolute atomic E-state index is 5.93.